The van der Waals surface area contributed by atoms with E-state index in [9.17, 15) is 4.79 Å². The molecule has 1 spiro atoms. The molecule has 2 saturated heterocycles. The van der Waals surface area contributed by atoms with Crippen LogP contribution in [0.4, 0.5) is 11.4 Å². The second-order valence-electron chi connectivity index (χ2n) is 7.06. The molecule has 2 fully saturated rings. The molecule has 0 saturated carbocycles. The Morgan fingerprint density at radius 1 is 1.03 bits per heavy atom. The number of carbonyl (C=O) groups is 1. The zero-order valence-corrected chi connectivity index (χ0v) is 16.6. The van der Waals surface area contributed by atoms with Crippen molar-refractivity contribution in [2.45, 2.75) is 18.6 Å². The summed E-state index contributed by atoms with van der Waals surface area (Å²) in [5.74, 6) is 0.738. The lowest BCUT2D eigenvalue weighted by Gasteiger charge is -2.37. The number of aromatic nitrogens is 1. The molecule has 4 rings (SSSR count). The zero-order valence-electron chi connectivity index (χ0n) is 16.6. The molecule has 1 aromatic carbocycles. The summed E-state index contributed by atoms with van der Waals surface area (Å²) in [6.07, 6.45) is 4.65. The number of likely N-dealkylation sites (tertiary alicyclic amines) is 1. The van der Waals surface area contributed by atoms with Crippen molar-refractivity contribution in [3.63, 3.8) is 0 Å². The molecule has 2 aliphatic heterocycles. The predicted molar refractivity (Wildman–Crippen MR) is 107 cm³/mol. The maximum atomic E-state index is 12.9. The Morgan fingerprint density at radius 3 is 2.45 bits per heavy atom. The number of benzene rings is 1. The standard InChI is InChI=1S/C21H25N3O5/c1-26-18-4-3-16(12-19(18)27-2)23-17-11-15(13-22-14-17)20(25)24-7-5-21(6-8-24)28-9-10-29-21/h3-4,11-14,23H,5-10H2,1-2H3. The Kier molecular flexibility index (Phi) is 5.55. The minimum Gasteiger partial charge on any atom is -0.493 e. The van der Waals surface area contributed by atoms with E-state index in [0.29, 0.717) is 56.2 Å². The van der Waals surface area contributed by atoms with Crippen LogP contribution in [0.25, 0.3) is 0 Å². The molecule has 0 atom stereocenters. The van der Waals surface area contributed by atoms with Gasteiger partial charge >= 0.3 is 0 Å². The second-order valence-corrected chi connectivity index (χ2v) is 7.06. The second kappa shape index (κ2) is 8.26. The van der Waals surface area contributed by atoms with Gasteiger partial charge in [0.1, 0.15) is 0 Å². The van der Waals surface area contributed by atoms with Crippen LogP contribution in [0, 0.1) is 0 Å². The van der Waals surface area contributed by atoms with Crippen LogP contribution in [0.2, 0.25) is 0 Å². The fourth-order valence-corrected chi connectivity index (χ4v) is 3.72. The fraction of sp³-hybridized carbons (Fsp3) is 0.429. The molecule has 154 valence electrons. The van der Waals surface area contributed by atoms with Crippen molar-refractivity contribution in [2.75, 3.05) is 45.8 Å². The molecule has 8 nitrogen and oxygen atoms in total. The van der Waals surface area contributed by atoms with Gasteiger partial charge in [0.2, 0.25) is 0 Å². The highest BCUT2D eigenvalue weighted by molar-refractivity contribution is 5.95. The molecular weight excluding hydrogens is 374 g/mol. The first-order valence-electron chi connectivity index (χ1n) is 9.64. The van der Waals surface area contributed by atoms with Crippen LogP contribution < -0.4 is 14.8 Å². The number of rotatable bonds is 5. The fourth-order valence-electron chi connectivity index (χ4n) is 3.72. The average Bonchev–Trinajstić information content (AvgIpc) is 3.21. The number of pyridine rings is 1. The predicted octanol–water partition coefficient (Wildman–Crippen LogP) is 2.82. The van der Waals surface area contributed by atoms with Gasteiger partial charge < -0.3 is 29.2 Å². The third-order valence-corrected chi connectivity index (χ3v) is 5.28. The molecule has 0 unspecified atom stereocenters. The largest absolute Gasteiger partial charge is 0.493 e. The first-order valence-corrected chi connectivity index (χ1v) is 9.64. The van der Waals surface area contributed by atoms with E-state index >= 15 is 0 Å². The van der Waals surface area contributed by atoms with Crippen molar-refractivity contribution < 1.29 is 23.7 Å². The van der Waals surface area contributed by atoms with Crippen molar-refractivity contribution in [3.8, 4) is 11.5 Å². The highest BCUT2D eigenvalue weighted by Gasteiger charge is 2.40. The van der Waals surface area contributed by atoms with Crippen molar-refractivity contribution >= 4 is 17.3 Å². The first-order chi connectivity index (χ1) is 14.1. The Morgan fingerprint density at radius 2 is 1.76 bits per heavy atom. The van der Waals surface area contributed by atoms with Crippen LogP contribution in [0.1, 0.15) is 23.2 Å². The van der Waals surface area contributed by atoms with Gasteiger partial charge in [-0.3, -0.25) is 9.78 Å². The van der Waals surface area contributed by atoms with Gasteiger partial charge in [-0.25, -0.2) is 0 Å². The molecule has 29 heavy (non-hydrogen) atoms. The van der Waals surface area contributed by atoms with Crippen LogP contribution in [-0.4, -0.2) is 62.1 Å². The van der Waals surface area contributed by atoms with Gasteiger partial charge in [-0.15, -0.1) is 0 Å². The number of nitrogens with zero attached hydrogens (tertiary/aromatic N) is 2. The minimum atomic E-state index is -0.494. The molecule has 1 aromatic heterocycles. The average molecular weight is 399 g/mol. The van der Waals surface area contributed by atoms with Gasteiger partial charge in [-0.05, 0) is 18.2 Å². The summed E-state index contributed by atoms with van der Waals surface area (Å²) in [6.45, 7) is 2.46. The van der Waals surface area contributed by atoms with E-state index in [-0.39, 0.29) is 5.91 Å². The number of hydrogen-bond acceptors (Lipinski definition) is 7. The number of hydrogen-bond donors (Lipinski definition) is 1. The summed E-state index contributed by atoms with van der Waals surface area (Å²) in [5, 5.41) is 3.26. The zero-order chi connectivity index (χ0) is 20.3. The quantitative estimate of drug-likeness (QED) is 0.828. The van der Waals surface area contributed by atoms with Crippen LogP contribution in [0.3, 0.4) is 0 Å². The van der Waals surface area contributed by atoms with Crippen molar-refractivity contribution in [1.29, 1.82) is 0 Å². The lowest BCUT2D eigenvalue weighted by atomic mass is 10.0. The number of carbonyl (C=O) groups excluding carboxylic acids is 1. The number of piperidine rings is 1. The minimum absolute atomic E-state index is 0.0405. The maximum absolute atomic E-state index is 12.9. The van der Waals surface area contributed by atoms with Gasteiger partial charge in [-0.2, -0.15) is 0 Å². The van der Waals surface area contributed by atoms with Crippen LogP contribution >= 0.6 is 0 Å². The molecule has 0 aliphatic carbocycles. The molecule has 2 aromatic rings. The van der Waals surface area contributed by atoms with Crippen LogP contribution in [0.5, 0.6) is 11.5 Å². The third-order valence-electron chi connectivity index (χ3n) is 5.28. The van der Waals surface area contributed by atoms with Gasteiger partial charge in [0.05, 0.1) is 44.9 Å². The van der Waals surface area contributed by atoms with Crippen LogP contribution in [0.15, 0.2) is 36.7 Å². The summed E-state index contributed by atoms with van der Waals surface area (Å²) in [6, 6.07) is 7.33. The van der Waals surface area contributed by atoms with E-state index in [1.165, 1.54) is 0 Å². The summed E-state index contributed by atoms with van der Waals surface area (Å²) in [7, 11) is 3.18. The molecule has 1 amide bonds. The Hall–Kier alpha value is -2.84. The molecule has 3 heterocycles. The van der Waals surface area contributed by atoms with E-state index in [1.54, 1.807) is 32.7 Å². The van der Waals surface area contributed by atoms with Crippen LogP contribution in [-0.2, 0) is 9.47 Å². The topological polar surface area (TPSA) is 82.2 Å². The number of methoxy groups -OCH3 is 2. The summed E-state index contributed by atoms with van der Waals surface area (Å²) in [4.78, 5) is 19.0. The van der Waals surface area contributed by atoms with E-state index in [4.69, 9.17) is 18.9 Å². The van der Waals surface area contributed by atoms with E-state index < -0.39 is 5.79 Å². The molecule has 2 aliphatic rings. The number of nitrogens with one attached hydrogen (secondary N) is 1. The van der Waals surface area contributed by atoms with E-state index in [0.717, 1.165) is 11.4 Å². The molecular formula is C21H25N3O5. The van der Waals surface area contributed by atoms with Gasteiger partial charge in [0, 0.05) is 43.9 Å². The third kappa shape index (κ3) is 4.13. The molecule has 8 heteroatoms. The number of amides is 1. The number of ether oxygens (including phenoxy) is 4. The van der Waals surface area contributed by atoms with Crippen molar-refractivity contribution in [2.24, 2.45) is 0 Å². The molecule has 0 radical (unpaired) electrons. The monoisotopic (exact) mass is 399 g/mol. The number of anilines is 2. The van der Waals surface area contributed by atoms with Crippen molar-refractivity contribution in [1.82, 2.24) is 9.88 Å². The maximum Gasteiger partial charge on any atom is 0.255 e. The smallest absolute Gasteiger partial charge is 0.255 e. The highest BCUT2D eigenvalue weighted by atomic mass is 16.7. The van der Waals surface area contributed by atoms with E-state index in [2.05, 4.69) is 10.3 Å². The summed E-state index contributed by atoms with van der Waals surface area (Å²) < 4.78 is 22.1. The Bertz CT molecular complexity index is 872. The van der Waals surface area contributed by atoms with Gasteiger partial charge in [-0.1, -0.05) is 0 Å². The Labute approximate surface area is 169 Å². The summed E-state index contributed by atoms with van der Waals surface area (Å²) in [5.41, 5.74) is 2.07. The first kappa shape index (κ1) is 19.5. The van der Waals surface area contributed by atoms with Gasteiger partial charge in [0.15, 0.2) is 17.3 Å². The highest BCUT2D eigenvalue weighted by Crippen LogP contribution is 2.33. The molecule has 1 N–H and O–H groups in total. The van der Waals surface area contributed by atoms with E-state index in [1.807, 2.05) is 23.1 Å². The SMILES string of the molecule is COc1ccc(Nc2cncc(C(=O)N3CCC4(CC3)OCCO4)c2)cc1OC. The summed E-state index contributed by atoms with van der Waals surface area (Å²) >= 11 is 0. The Balaban J connectivity index is 1.44. The molecule has 0 bridgehead atoms. The normalized spacial score (nSPS) is 17.9. The van der Waals surface area contributed by atoms with Crippen molar-refractivity contribution in [3.05, 3.63) is 42.2 Å². The lowest BCUT2D eigenvalue weighted by molar-refractivity contribution is -0.181. The lowest BCUT2D eigenvalue weighted by Crippen LogP contribution is -2.47. The van der Waals surface area contributed by atoms with Gasteiger partial charge in [0.25, 0.3) is 5.91 Å².